The molecule has 1 N–H and O–H groups in total. The number of nitrogens with one attached hydrogen (secondary N) is 1. The van der Waals surface area contributed by atoms with E-state index < -0.39 is 6.29 Å². The molecule has 0 aromatic carbocycles. The number of amides is 1. The van der Waals surface area contributed by atoms with Crippen LogP contribution >= 0.6 is 11.6 Å². The van der Waals surface area contributed by atoms with Crippen molar-refractivity contribution in [3.63, 3.8) is 0 Å². The van der Waals surface area contributed by atoms with Crippen LogP contribution in [0.1, 0.15) is 36.8 Å². The van der Waals surface area contributed by atoms with Gasteiger partial charge in [-0.25, -0.2) is 4.98 Å². The third-order valence-corrected chi connectivity index (χ3v) is 2.80. The molecule has 0 bridgehead atoms. The smallest absolute Gasteiger partial charge is 0.251 e. The topological polar surface area (TPSA) is 60.5 Å². The first-order chi connectivity index (χ1) is 9.60. The molecule has 0 fully saturated rings. The van der Waals surface area contributed by atoms with Crippen molar-refractivity contribution in [2.45, 2.75) is 33.5 Å². The van der Waals surface area contributed by atoms with Crippen molar-refractivity contribution in [3.05, 3.63) is 28.5 Å². The van der Waals surface area contributed by atoms with Gasteiger partial charge in [0, 0.05) is 24.5 Å². The molecular weight excluding hydrogens is 280 g/mol. The van der Waals surface area contributed by atoms with Gasteiger partial charge in [0.1, 0.15) is 5.15 Å². The highest BCUT2D eigenvalue weighted by Gasteiger charge is 2.12. The van der Waals surface area contributed by atoms with Crippen LogP contribution < -0.4 is 5.32 Å². The third-order valence-electron chi connectivity index (χ3n) is 2.61. The average molecular weight is 301 g/mol. The summed E-state index contributed by atoms with van der Waals surface area (Å²) in [6, 6.07) is 3.28. The van der Waals surface area contributed by atoms with Gasteiger partial charge in [-0.15, -0.1) is 0 Å². The van der Waals surface area contributed by atoms with E-state index in [-0.39, 0.29) is 5.91 Å². The van der Waals surface area contributed by atoms with Gasteiger partial charge in [0.15, 0.2) is 6.29 Å². The summed E-state index contributed by atoms with van der Waals surface area (Å²) in [7, 11) is 0. The lowest BCUT2D eigenvalue weighted by Gasteiger charge is -2.17. The minimum atomic E-state index is -0.433. The van der Waals surface area contributed by atoms with Gasteiger partial charge >= 0.3 is 0 Å². The van der Waals surface area contributed by atoms with Gasteiger partial charge in [-0.1, -0.05) is 18.5 Å². The maximum Gasteiger partial charge on any atom is 0.251 e. The Morgan fingerprint density at radius 2 is 1.95 bits per heavy atom. The van der Waals surface area contributed by atoms with E-state index in [1.165, 1.54) is 0 Å². The number of aromatic nitrogens is 1. The fraction of sp³-hybridized carbons (Fsp3) is 0.571. The Kier molecular flexibility index (Phi) is 7.51. The first-order valence-electron chi connectivity index (χ1n) is 6.78. The van der Waals surface area contributed by atoms with E-state index in [9.17, 15) is 4.79 Å². The first-order valence-corrected chi connectivity index (χ1v) is 7.16. The molecule has 1 amide bonds. The zero-order chi connectivity index (χ0) is 15.0. The van der Waals surface area contributed by atoms with Crippen molar-refractivity contribution < 1.29 is 14.3 Å². The van der Waals surface area contributed by atoms with Gasteiger partial charge in [-0.3, -0.25) is 4.79 Å². The Labute approximate surface area is 124 Å². The van der Waals surface area contributed by atoms with E-state index in [0.717, 1.165) is 12.1 Å². The van der Waals surface area contributed by atoms with Crippen molar-refractivity contribution >= 4 is 17.5 Å². The van der Waals surface area contributed by atoms with Crippen LogP contribution in [-0.4, -0.2) is 36.9 Å². The van der Waals surface area contributed by atoms with Crippen LogP contribution in [0.15, 0.2) is 12.1 Å². The number of pyridine rings is 1. The average Bonchev–Trinajstić information content (AvgIpc) is 2.44. The molecule has 1 aromatic heterocycles. The molecule has 20 heavy (non-hydrogen) atoms. The number of rotatable bonds is 8. The minimum absolute atomic E-state index is 0.214. The second kappa shape index (κ2) is 8.89. The van der Waals surface area contributed by atoms with E-state index in [2.05, 4.69) is 10.3 Å². The van der Waals surface area contributed by atoms with Gasteiger partial charge in [-0.05, 0) is 32.4 Å². The van der Waals surface area contributed by atoms with Crippen molar-refractivity contribution in [2.24, 2.45) is 0 Å². The second-order valence-corrected chi connectivity index (χ2v) is 4.46. The molecule has 112 valence electrons. The monoisotopic (exact) mass is 300 g/mol. The van der Waals surface area contributed by atoms with Crippen molar-refractivity contribution in [3.8, 4) is 0 Å². The Morgan fingerprint density at radius 1 is 1.30 bits per heavy atom. The third kappa shape index (κ3) is 5.45. The van der Waals surface area contributed by atoms with E-state index in [1.54, 1.807) is 12.1 Å². The minimum Gasteiger partial charge on any atom is -0.351 e. The molecule has 0 radical (unpaired) electrons. The largest absolute Gasteiger partial charge is 0.351 e. The van der Waals surface area contributed by atoms with Gasteiger partial charge < -0.3 is 14.8 Å². The molecule has 1 heterocycles. The maximum atomic E-state index is 12.1. The van der Waals surface area contributed by atoms with E-state index >= 15 is 0 Å². The number of ether oxygens (including phenoxy) is 2. The molecule has 5 nitrogen and oxygen atoms in total. The highest BCUT2D eigenvalue weighted by Crippen LogP contribution is 2.11. The van der Waals surface area contributed by atoms with Crippen LogP contribution in [0.2, 0.25) is 5.15 Å². The fourth-order valence-corrected chi connectivity index (χ4v) is 1.91. The SMILES string of the molecule is CCOC(CNC(=O)c1cc(Cl)nc(CC)c1)OCC. The summed E-state index contributed by atoms with van der Waals surface area (Å²) < 4.78 is 10.7. The lowest BCUT2D eigenvalue weighted by Crippen LogP contribution is -2.35. The van der Waals surface area contributed by atoms with Crippen LogP contribution in [0.5, 0.6) is 0 Å². The molecule has 0 saturated heterocycles. The summed E-state index contributed by atoms with van der Waals surface area (Å²) in [5, 5.41) is 3.09. The normalized spacial score (nSPS) is 10.8. The number of carbonyl (C=O) groups excluding carboxylic acids is 1. The summed E-state index contributed by atoms with van der Waals surface area (Å²) in [5.41, 5.74) is 1.28. The summed E-state index contributed by atoms with van der Waals surface area (Å²) in [5.74, 6) is -0.214. The number of nitrogens with zero attached hydrogens (tertiary/aromatic N) is 1. The summed E-state index contributed by atoms with van der Waals surface area (Å²) in [6.07, 6.45) is 0.290. The quantitative estimate of drug-likeness (QED) is 0.592. The Balaban J connectivity index is 2.63. The van der Waals surface area contributed by atoms with E-state index in [1.807, 2.05) is 20.8 Å². The molecule has 0 spiro atoms. The van der Waals surface area contributed by atoms with Crippen LogP contribution in [0.25, 0.3) is 0 Å². The zero-order valence-corrected chi connectivity index (χ0v) is 12.9. The molecule has 1 rings (SSSR count). The first kappa shape index (κ1) is 16.9. The van der Waals surface area contributed by atoms with Crippen LogP contribution in [0.3, 0.4) is 0 Å². The molecule has 6 heteroatoms. The van der Waals surface area contributed by atoms with E-state index in [0.29, 0.717) is 30.5 Å². The van der Waals surface area contributed by atoms with E-state index in [4.69, 9.17) is 21.1 Å². The zero-order valence-electron chi connectivity index (χ0n) is 12.1. The standard InChI is InChI=1S/C14H21ClN2O3/c1-4-11-7-10(8-12(15)17-11)14(18)16-9-13(19-5-2)20-6-3/h7-8,13H,4-6,9H2,1-3H3,(H,16,18). The number of aryl methyl sites for hydroxylation is 1. The predicted molar refractivity (Wildman–Crippen MR) is 78.0 cm³/mol. The molecule has 0 aliphatic heterocycles. The molecule has 0 unspecified atom stereocenters. The highest BCUT2D eigenvalue weighted by molar-refractivity contribution is 6.29. The van der Waals surface area contributed by atoms with Gasteiger partial charge in [0.05, 0.1) is 6.54 Å². The molecular formula is C14H21ClN2O3. The van der Waals surface area contributed by atoms with Crippen LogP contribution in [0, 0.1) is 0 Å². The van der Waals surface area contributed by atoms with Gasteiger partial charge in [0.2, 0.25) is 0 Å². The lowest BCUT2D eigenvalue weighted by molar-refractivity contribution is -0.131. The predicted octanol–water partition coefficient (Wildman–Crippen LogP) is 2.43. The maximum absolute atomic E-state index is 12.1. The number of halogens is 1. The van der Waals surface area contributed by atoms with Crippen LogP contribution in [-0.2, 0) is 15.9 Å². The second-order valence-electron chi connectivity index (χ2n) is 4.07. The summed E-state index contributed by atoms with van der Waals surface area (Å²) >= 11 is 5.89. The van der Waals surface area contributed by atoms with Gasteiger partial charge in [0.25, 0.3) is 5.91 Å². The molecule has 0 aliphatic carbocycles. The fourth-order valence-electron chi connectivity index (χ4n) is 1.68. The number of carbonyl (C=O) groups is 1. The molecule has 0 atom stereocenters. The Hall–Kier alpha value is -1.17. The molecule has 0 saturated carbocycles. The number of hydrogen-bond acceptors (Lipinski definition) is 4. The summed E-state index contributed by atoms with van der Waals surface area (Å²) in [4.78, 5) is 16.2. The lowest BCUT2D eigenvalue weighted by atomic mass is 10.2. The molecule has 0 aliphatic rings. The van der Waals surface area contributed by atoms with Crippen molar-refractivity contribution in [1.82, 2.24) is 10.3 Å². The van der Waals surface area contributed by atoms with Crippen molar-refractivity contribution in [1.29, 1.82) is 0 Å². The Bertz CT molecular complexity index is 434. The molecule has 1 aromatic rings. The van der Waals surface area contributed by atoms with Crippen LogP contribution in [0.4, 0.5) is 0 Å². The van der Waals surface area contributed by atoms with Gasteiger partial charge in [-0.2, -0.15) is 0 Å². The Morgan fingerprint density at radius 3 is 2.50 bits per heavy atom. The highest BCUT2D eigenvalue weighted by atomic mass is 35.5. The number of hydrogen-bond donors (Lipinski definition) is 1. The summed E-state index contributed by atoms with van der Waals surface area (Å²) in [6.45, 7) is 7.07. The van der Waals surface area contributed by atoms with Crippen molar-refractivity contribution in [2.75, 3.05) is 19.8 Å².